The van der Waals surface area contributed by atoms with Crippen LogP contribution < -0.4 is 10.4 Å². The SMILES string of the molecule is O=C(CCc1ccccc1)NN1c2ccccc2CCc2ccccc21. The molecule has 26 heavy (non-hydrogen) atoms. The topological polar surface area (TPSA) is 32.3 Å². The molecule has 130 valence electrons. The van der Waals surface area contributed by atoms with Gasteiger partial charge in [0, 0.05) is 6.42 Å². The molecule has 0 spiro atoms. The Kier molecular flexibility index (Phi) is 4.69. The number of carbonyl (C=O) groups excluding carboxylic acids is 1. The first-order chi connectivity index (χ1) is 12.8. The summed E-state index contributed by atoms with van der Waals surface area (Å²) >= 11 is 0. The van der Waals surface area contributed by atoms with Crippen molar-refractivity contribution in [3.8, 4) is 0 Å². The molecule has 0 saturated heterocycles. The number of amides is 1. The molecule has 0 unspecified atom stereocenters. The van der Waals surface area contributed by atoms with Crippen molar-refractivity contribution >= 4 is 17.3 Å². The lowest BCUT2D eigenvalue weighted by molar-refractivity contribution is -0.121. The van der Waals surface area contributed by atoms with Crippen molar-refractivity contribution in [2.45, 2.75) is 25.7 Å². The van der Waals surface area contributed by atoms with Gasteiger partial charge in [0.05, 0.1) is 11.4 Å². The molecule has 0 fully saturated rings. The van der Waals surface area contributed by atoms with E-state index < -0.39 is 0 Å². The summed E-state index contributed by atoms with van der Waals surface area (Å²) in [6.45, 7) is 0. The zero-order chi connectivity index (χ0) is 17.8. The van der Waals surface area contributed by atoms with E-state index in [1.54, 1.807) is 0 Å². The number of benzene rings is 3. The van der Waals surface area contributed by atoms with Gasteiger partial charge in [0.2, 0.25) is 5.91 Å². The number of fused-ring (bicyclic) bond motifs is 2. The van der Waals surface area contributed by atoms with E-state index in [-0.39, 0.29) is 5.91 Å². The van der Waals surface area contributed by atoms with Crippen LogP contribution in [0.2, 0.25) is 0 Å². The van der Waals surface area contributed by atoms with Crippen LogP contribution in [0.15, 0.2) is 78.9 Å². The molecule has 1 aliphatic heterocycles. The number of nitrogens with one attached hydrogen (secondary N) is 1. The molecule has 0 atom stereocenters. The van der Waals surface area contributed by atoms with Gasteiger partial charge in [0.15, 0.2) is 0 Å². The summed E-state index contributed by atoms with van der Waals surface area (Å²) in [7, 11) is 0. The van der Waals surface area contributed by atoms with Crippen LogP contribution in [0.25, 0.3) is 0 Å². The highest BCUT2D eigenvalue weighted by atomic mass is 16.2. The van der Waals surface area contributed by atoms with Gasteiger partial charge in [-0.1, -0.05) is 66.7 Å². The number of hydrogen-bond acceptors (Lipinski definition) is 2. The highest BCUT2D eigenvalue weighted by Gasteiger charge is 2.21. The van der Waals surface area contributed by atoms with Crippen molar-refractivity contribution in [1.29, 1.82) is 0 Å². The van der Waals surface area contributed by atoms with Crippen molar-refractivity contribution in [1.82, 2.24) is 5.43 Å². The molecule has 0 aliphatic carbocycles. The predicted molar refractivity (Wildman–Crippen MR) is 105 cm³/mol. The Labute approximate surface area is 154 Å². The normalized spacial score (nSPS) is 12.7. The number of nitrogens with zero attached hydrogens (tertiary/aromatic N) is 1. The Hall–Kier alpha value is -3.07. The number of hydrazine groups is 1. The first-order valence-electron chi connectivity index (χ1n) is 9.10. The second kappa shape index (κ2) is 7.44. The van der Waals surface area contributed by atoms with E-state index in [1.165, 1.54) is 16.7 Å². The summed E-state index contributed by atoms with van der Waals surface area (Å²) < 4.78 is 0. The molecule has 1 amide bonds. The van der Waals surface area contributed by atoms with Crippen molar-refractivity contribution in [2.24, 2.45) is 0 Å². The predicted octanol–water partition coefficient (Wildman–Crippen LogP) is 4.59. The van der Waals surface area contributed by atoms with Crippen LogP contribution in [0.5, 0.6) is 0 Å². The number of anilines is 2. The lowest BCUT2D eigenvalue weighted by Gasteiger charge is -2.27. The Balaban J connectivity index is 1.57. The van der Waals surface area contributed by atoms with Gasteiger partial charge in [-0.15, -0.1) is 0 Å². The monoisotopic (exact) mass is 342 g/mol. The highest BCUT2D eigenvalue weighted by Crippen LogP contribution is 2.34. The second-order valence-corrected chi connectivity index (χ2v) is 6.61. The molecule has 3 aromatic carbocycles. The zero-order valence-electron chi connectivity index (χ0n) is 14.7. The maximum atomic E-state index is 12.7. The molecule has 0 aromatic heterocycles. The van der Waals surface area contributed by atoms with Crippen LogP contribution in [0, 0.1) is 0 Å². The van der Waals surface area contributed by atoms with Gasteiger partial charge in [-0.25, -0.2) is 0 Å². The third-order valence-corrected chi connectivity index (χ3v) is 4.85. The highest BCUT2D eigenvalue weighted by molar-refractivity contribution is 5.82. The maximum absolute atomic E-state index is 12.7. The number of aryl methyl sites for hydroxylation is 3. The Morgan fingerprint density at radius 3 is 1.92 bits per heavy atom. The van der Waals surface area contributed by atoms with Gasteiger partial charge in [-0.05, 0) is 48.1 Å². The fourth-order valence-electron chi connectivity index (χ4n) is 3.48. The van der Waals surface area contributed by atoms with Gasteiger partial charge >= 0.3 is 0 Å². The molecule has 1 N–H and O–H groups in total. The number of hydrogen-bond donors (Lipinski definition) is 1. The summed E-state index contributed by atoms with van der Waals surface area (Å²) in [5, 5.41) is 1.96. The van der Waals surface area contributed by atoms with E-state index in [2.05, 4.69) is 54.0 Å². The number of carbonyl (C=O) groups is 1. The molecule has 0 saturated carbocycles. The van der Waals surface area contributed by atoms with Gasteiger partial charge in [-0.3, -0.25) is 15.2 Å². The van der Waals surface area contributed by atoms with Gasteiger partial charge in [-0.2, -0.15) is 0 Å². The van der Waals surface area contributed by atoms with Crippen LogP contribution in [0.3, 0.4) is 0 Å². The molecule has 1 heterocycles. The third-order valence-electron chi connectivity index (χ3n) is 4.85. The van der Waals surface area contributed by atoms with E-state index in [0.717, 1.165) is 30.6 Å². The minimum atomic E-state index is 0.0281. The molecule has 0 radical (unpaired) electrons. The maximum Gasteiger partial charge on any atom is 0.239 e. The zero-order valence-corrected chi connectivity index (χ0v) is 14.7. The number of rotatable bonds is 4. The summed E-state index contributed by atoms with van der Waals surface area (Å²) in [4.78, 5) is 12.7. The quantitative estimate of drug-likeness (QED) is 0.752. The summed E-state index contributed by atoms with van der Waals surface area (Å²) in [5.41, 5.74) is 8.95. The van der Waals surface area contributed by atoms with Gasteiger partial charge in [0.25, 0.3) is 0 Å². The number of para-hydroxylation sites is 2. The van der Waals surface area contributed by atoms with E-state index in [4.69, 9.17) is 0 Å². The fraction of sp³-hybridized carbons (Fsp3) is 0.174. The lowest BCUT2D eigenvalue weighted by atomic mass is 10.0. The van der Waals surface area contributed by atoms with Gasteiger partial charge in [0.1, 0.15) is 0 Å². The molecular formula is C23H22N2O. The van der Waals surface area contributed by atoms with E-state index in [9.17, 15) is 4.79 Å². The largest absolute Gasteiger partial charge is 0.273 e. The Morgan fingerprint density at radius 2 is 1.31 bits per heavy atom. The van der Waals surface area contributed by atoms with Crippen molar-refractivity contribution in [3.05, 3.63) is 95.6 Å². The van der Waals surface area contributed by atoms with Crippen LogP contribution >= 0.6 is 0 Å². The molecule has 3 heteroatoms. The molecule has 1 aliphatic rings. The third kappa shape index (κ3) is 3.47. The average Bonchev–Trinajstić information content (AvgIpc) is 2.85. The van der Waals surface area contributed by atoms with Crippen LogP contribution in [-0.4, -0.2) is 5.91 Å². The molecular weight excluding hydrogens is 320 g/mol. The molecule has 3 nitrogen and oxygen atoms in total. The van der Waals surface area contributed by atoms with Crippen LogP contribution in [0.4, 0.5) is 11.4 Å². The van der Waals surface area contributed by atoms with Crippen LogP contribution in [-0.2, 0) is 24.1 Å². The Bertz CT molecular complexity index is 857. The van der Waals surface area contributed by atoms with E-state index in [1.807, 2.05) is 35.3 Å². The average molecular weight is 342 g/mol. The first kappa shape index (κ1) is 16.4. The molecule has 4 rings (SSSR count). The summed E-state index contributed by atoms with van der Waals surface area (Å²) in [6.07, 6.45) is 3.15. The molecule has 3 aromatic rings. The standard InChI is InChI=1S/C23H22N2O/c26-23(17-14-18-8-2-1-3-9-18)24-25-21-12-6-4-10-19(21)15-16-20-11-5-7-13-22(20)25/h1-13H,14-17H2,(H,24,26). The van der Waals surface area contributed by atoms with Crippen LogP contribution in [0.1, 0.15) is 23.1 Å². The minimum Gasteiger partial charge on any atom is -0.273 e. The van der Waals surface area contributed by atoms with E-state index in [0.29, 0.717) is 6.42 Å². The van der Waals surface area contributed by atoms with Crippen molar-refractivity contribution in [3.63, 3.8) is 0 Å². The smallest absolute Gasteiger partial charge is 0.239 e. The lowest BCUT2D eigenvalue weighted by Crippen LogP contribution is -2.39. The first-order valence-corrected chi connectivity index (χ1v) is 9.10. The summed E-state index contributed by atoms with van der Waals surface area (Å²) in [5.74, 6) is 0.0281. The van der Waals surface area contributed by atoms with Gasteiger partial charge < -0.3 is 0 Å². The second-order valence-electron chi connectivity index (χ2n) is 6.61. The summed E-state index contributed by atoms with van der Waals surface area (Å²) in [6, 6.07) is 26.7. The van der Waals surface area contributed by atoms with E-state index >= 15 is 0 Å². The minimum absolute atomic E-state index is 0.0281. The molecule has 0 bridgehead atoms. The fourth-order valence-corrected chi connectivity index (χ4v) is 3.48. The Morgan fingerprint density at radius 1 is 0.769 bits per heavy atom. The van der Waals surface area contributed by atoms with Crippen molar-refractivity contribution < 1.29 is 4.79 Å². The van der Waals surface area contributed by atoms with Crippen molar-refractivity contribution in [2.75, 3.05) is 5.01 Å².